The van der Waals surface area contributed by atoms with Gasteiger partial charge in [-0.1, -0.05) is 6.07 Å². The van der Waals surface area contributed by atoms with Gasteiger partial charge >= 0.3 is 0 Å². The third-order valence-electron chi connectivity index (χ3n) is 3.64. The van der Waals surface area contributed by atoms with E-state index in [1.165, 1.54) is 12.1 Å². The first-order valence-electron chi connectivity index (χ1n) is 6.74. The van der Waals surface area contributed by atoms with Crippen LogP contribution >= 0.6 is 0 Å². The highest BCUT2D eigenvalue weighted by Crippen LogP contribution is 2.19. The topological polar surface area (TPSA) is 42.7 Å². The zero-order valence-electron chi connectivity index (χ0n) is 11.2. The number of hydrogen-bond acceptors (Lipinski definition) is 3. The summed E-state index contributed by atoms with van der Waals surface area (Å²) < 4.78 is 28.5. The van der Waals surface area contributed by atoms with Crippen LogP contribution in [-0.4, -0.2) is 14.8 Å². The molecule has 1 atom stereocenters. The lowest BCUT2D eigenvalue weighted by Gasteiger charge is -2.14. The van der Waals surface area contributed by atoms with Crippen LogP contribution < -0.4 is 5.32 Å². The zero-order chi connectivity index (χ0) is 14.1. The molecule has 106 valence electrons. The van der Waals surface area contributed by atoms with E-state index in [1.54, 1.807) is 0 Å². The minimum atomic E-state index is -0.561. The predicted octanol–water partition coefficient (Wildman–Crippen LogP) is 2.35. The molecule has 0 saturated carbocycles. The monoisotopic (exact) mass is 278 g/mol. The first-order valence-corrected chi connectivity index (χ1v) is 6.74. The molecule has 0 fully saturated rings. The summed E-state index contributed by atoms with van der Waals surface area (Å²) in [4.78, 5) is 0. The number of aryl methyl sites for hydroxylation is 1. The van der Waals surface area contributed by atoms with Crippen molar-refractivity contribution in [2.75, 3.05) is 0 Å². The summed E-state index contributed by atoms with van der Waals surface area (Å²) in [6.45, 7) is 3.24. The van der Waals surface area contributed by atoms with E-state index in [4.69, 9.17) is 0 Å². The van der Waals surface area contributed by atoms with Crippen molar-refractivity contribution in [2.24, 2.45) is 0 Å². The molecule has 1 aromatic carbocycles. The highest BCUT2D eigenvalue weighted by atomic mass is 19.1. The summed E-state index contributed by atoms with van der Waals surface area (Å²) >= 11 is 0. The number of halogens is 2. The van der Waals surface area contributed by atoms with Gasteiger partial charge in [-0.15, -0.1) is 10.2 Å². The largest absolute Gasteiger partial charge is 0.314 e. The molecule has 6 heteroatoms. The predicted molar refractivity (Wildman–Crippen MR) is 70.0 cm³/mol. The molecule has 0 bridgehead atoms. The van der Waals surface area contributed by atoms with Crippen LogP contribution in [0.3, 0.4) is 0 Å². The minimum Gasteiger partial charge on any atom is -0.314 e. The quantitative estimate of drug-likeness (QED) is 0.933. The van der Waals surface area contributed by atoms with E-state index < -0.39 is 11.6 Å². The Morgan fingerprint density at radius 1 is 1.35 bits per heavy atom. The third-order valence-corrected chi connectivity index (χ3v) is 3.64. The number of rotatable bonds is 4. The molecule has 0 spiro atoms. The SMILES string of the molecule is CC(NCc1ccc(F)cc1F)c1nnc2n1CCC2. The smallest absolute Gasteiger partial charge is 0.149 e. The molecule has 0 radical (unpaired) electrons. The number of hydrogen-bond donors (Lipinski definition) is 1. The number of nitrogens with one attached hydrogen (secondary N) is 1. The minimum absolute atomic E-state index is 0.0289. The molecule has 3 rings (SSSR count). The van der Waals surface area contributed by atoms with Crippen molar-refractivity contribution in [3.8, 4) is 0 Å². The number of benzene rings is 1. The highest BCUT2D eigenvalue weighted by Gasteiger charge is 2.21. The van der Waals surface area contributed by atoms with E-state index in [9.17, 15) is 8.78 Å². The summed E-state index contributed by atoms with van der Waals surface area (Å²) in [5.74, 6) is 0.798. The first-order chi connectivity index (χ1) is 9.65. The van der Waals surface area contributed by atoms with Gasteiger partial charge in [0, 0.05) is 31.1 Å². The first kappa shape index (κ1) is 13.2. The van der Waals surface area contributed by atoms with Crippen LogP contribution in [0.5, 0.6) is 0 Å². The molecule has 0 saturated heterocycles. The molecule has 1 N–H and O–H groups in total. The fraction of sp³-hybridized carbons (Fsp3) is 0.429. The van der Waals surface area contributed by atoms with Crippen LogP contribution in [0.15, 0.2) is 18.2 Å². The van der Waals surface area contributed by atoms with Crippen LogP contribution in [0.4, 0.5) is 8.78 Å². The molecule has 0 aliphatic carbocycles. The van der Waals surface area contributed by atoms with Gasteiger partial charge in [-0.05, 0) is 19.4 Å². The van der Waals surface area contributed by atoms with Crippen molar-refractivity contribution in [3.05, 3.63) is 47.0 Å². The number of aromatic nitrogens is 3. The van der Waals surface area contributed by atoms with Gasteiger partial charge in [0.05, 0.1) is 6.04 Å². The maximum Gasteiger partial charge on any atom is 0.149 e. The highest BCUT2D eigenvalue weighted by molar-refractivity contribution is 5.18. The van der Waals surface area contributed by atoms with Gasteiger partial charge in [-0.2, -0.15) is 0 Å². The Hall–Kier alpha value is -1.82. The van der Waals surface area contributed by atoms with Gasteiger partial charge < -0.3 is 9.88 Å². The molecular formula is C14H16F2N4. The number of nitrogens with zero attached hydrogens (tertiary/aromatic N) is 3. The summed E-state index contributed by atoms with van der Waals surface area (Å²) in [6.07, 6.45) is 2.06. The third kappa shape index (κ3) is 2.43. The average molecular weight is 278 g/mol. The Bertz CT molecular complexity index is 624. The summed E-state index contributed by atoms with van der Waals surface area (Å²) in [5.41, 5.74) is 0.444. The molecular weight excluding hydrogens is 262 g/mol. The average Bonchev–Trinajstić information content (AvgIpc) is 2.99. The van der Waals surface area contributed by atoms with Crippen molar-refractivity contribution in [1.82, 2.24) is 20.1 Å². The Balaban J connectivity index is 1.68. The fourth-order valence-electron chi connectivity index (χ4n) is 2.51. The lowest BCUT2D eigenvalue weighted by Crippen LogP contribution is -2.22. The molecule has 1 aliphatic heterocycles. The molecule has 2 aromatic rings. The van der Waals surface area contributed by atoms with Gasteiger partial charge in [0.15, 0.2) is 0 Å². The van der Waals surface area contributed by atoms with E-state index in [-0.39, 0.29) is 6.04 Å². The molecule has 2 heterocycles. The molecule has 20 heavy (non-hydrogen) atoms. The lowest BCUT2D eigenvalue weighted by atomic mass is 10.2. The zero-order valence-corrected chi connectivity index (χ0v) is 11.2. The molecule has 4 nitrogen and oxygen atoms in total. The van der Waals surface area contributed by atoms with E-state index in [1.807, 2.05) is 6.92 Å². The number of fused-ring (bicyclic) bond motifs is 1. The van der Waals surface area contributed by atoms with E-state index in [0.29, 0.717) is 12.1 Å². The fourth-order valence-corrected chi connectivity index (χ4v) is 2.51. The lowest BCUT2D eigenvalue weighted by molar-refractivity contribution is 0.500. The Kier molecular flexibility index (Phi) is 3.48. The maximum absolute atomic E-state index is 13.5. The second-order valence-corrected chi connectivity index (χ2v) is 5.07. The van der Waals surface area contributed by atoms with Crippen LogP contribution in [0.25, 0.3) is 0 Å². The molecule has 0 amide bonds. The van der Waals surface area contributed by atoms with Crippen LogP contribution in [0.1, 0.15) is 36.6 Å². The van der Waals surface area contributed by atoms with Crippen molar-refractivity contribution in [2.45, 2.75) is 38.9 Å². The van der Waals surface area contributed by atoms with Crippen LogP contribution in [-0.2, 0) is 19.5 Å². The van der Waals surface area contributed by atoms with E-state index >= 15 is 0 Å². The Labute approximate surface area is 115 Å². The Morgan fingerprint density at radius 2 is 2.20 bits per heavy atom. The normalized spacial score (nSPS) is 15.3. The van der Waals surface area contributed by atoms with Gasteiger partial charge in [-0.25, -0.2) is 8.78 Å². The van der Waals surface area contributed by atoms with Crippen molar-refractivity contribution < 1.29 is 8.78 Å². The second kappa shape index (κ2) is 5.28. The summed E-state index contributed by atoms with van der Waals surface area (Å²) in [6, 6.07) is 3.59. The van der Waals surface area contributed by atoms with Crippen molar-refractivity contribution >= 4 is 0 Å². The second-order valence-electron chi connectivity index (χ2n) is 5.07. The van der Waals surface area contributed by atoms with Crippen LogP contribution in [0.2, 0.25) is 0 Å². The Morgan fingerprint density at radius 3 is 3.00 bits per heavy atom. The molecule has 1 aliphatic rings. The van der Waals surface area contributed by atoms with Gasteiger partial charge in [0.25, 0.3) is 0 Å². The summed E-state index contributed by atoms with van der Waals surface area (Å²) in [5, 5.41) is 11.5. The van der Waals surface area contributed by atoms with Gasteiger partial charge in [0.2, 0.25) is 0 Å². The summed E-state index contributed by atoms with van der Waals surface area (Å²) in [7, 11) is 0. The maximum atomic E-state index is 13.5. The van der Waals surface area contributed by atoms with Crippen molar-refractivity contribution in [3.63, 3.8) is 0 Å². The standard InChI is InChI=1S/C14H16F2N4/c1-9(14-19-18-13-3-2-6-20(13)14)17-8-10-4-5-11(15)7-12(10)16/h4-5,7,9,17H,2-3,6,8H2,1H3. The van der Waals surface area contributed by atoms with Crippen LogP contribution in [0, 0.1) is 11.6 Å². The molecule has 1 unspecified atom stereocenters. The van der Waals surface area contributed by atoms with E-state index in [0.717, 1.165) is 37.1 Å². The van der Waals surface area contributed by atoms with Gasteiger partial charge in [-0.3, -0.25) is 0 Å². The van der Waals surface area contributed by atoms with Crippen molar-refractivity contribution in [1.29, 1.82) is 0 Å². The van der Waals surface area contributed by atoms with E-state index in [2.05, 4.69) is 20.1 Å². The molecule has 1 aromatic heterocycles. The van der Waals surface area contributed by atoms with Gasteiger partial charge in [0.1, 0.15) is 23.3 Å².